The lowest BCUT2D eigenvalue weighted by molar-refractivity contribution is -0.122. The van der Waals surface area contributed by atoms with Gasteiger partial charge in [0.1, 0.15) is 23.7 Å². The van der Waals surface area contributed by atoms with Crippen LogP contribution in [-0.2, 0) is 21.0 Å². The van der Waals surface area contributed by atoms with Gasteiger partial charge in [0.15, 0.2) is 18.1 Å². The number of rotatable bonds is 12. The van der Waals surface area contributed by atoms with Crippen molar-refractivity contribution in [2.75, 3.05) is 30.5 Å². The lowest BCUT2D eigenvalue weighted by Gasteiger charge is -2.26. The largest absolute Gasteiger partial charge is 0.495 e. The number of nitrogens with one attached hydrogen (secondary N) is 2. The molecule has 2 N–H and O–H groups in total. The van der Waals surface area contributed by atoms with Crippen LogP contribution < -0.4 is 34.5 Å². The summed E-state index contributed by atoms with van der Waals surface area (Å²) in [6.07, 6.45) is 1.35. The third kappa shape index (κ3) is 7.97. The molecule has 0 saturated carbocycles. The molecule has 4 aromatic carbocycles. The summed E-state index contributed by atoms with van der Waals surface area (Å²) >= 11 is 3.45. The van der Waals surface area contributed by atoms with Crippen LogP contribution in [0, 0.1) is 0 Å². The molecule has 0 bridgehead atoms. The highest BCUT2D eigenvalue weighted by molar-refractivity contribution is 9.10. The van der Waals surface area contributed by atoms with Crippen molar-refractivity contribution in [2.45, 2.75) is 13.5 Å². The van der Waals surface area contributed by atoms with Crippen LogP contribution in [0.5, 0.6) is 23.0 Å². The number of hydrogen-bond donors (Lipinski definition) is 2. The highest BCUT2D eigenvalue weighted by Gasteiger charge is 2.37. The first-order valence-corrected chi connectivity index (χ1v) is 15.3. The fourth-order valence-corrected chi connectivity index (χ4v) is 5.21. The highest BCUT2D eigenvalue weighted by Crippen LogP contribution is 2.38. The highest BCUT2D eigenvalue weighted by atomic mass is 79.9. The molecule has 12 heteroatoms. The molecule has 1 saturated heterocycles. The van der Waals surface area contributed by atoms with E-state index in [1.54, 1.807) is 67.6 Å². The second-order valence-corrected chi connectivity index (χ2v) is 10.9. The fraction of sp³-hybridized carbons (Fsp3) is 0.143. The van der Waals surface area contributed by atoms with Gasteiger partial charge in [-0.05, 0) is 88.6 Å². The third-order valence-corrected chi connectivity index (χ3v) is 7.41. The Morgan fingerprint density at radius 3 is 2.34 bits per heavy atom. The molecule has 0 aromatic heterocycles. The van der Waals surface area contributed by atoms with Crippen molar-refractivity contribution in [3.8, 4) is 23.0 Å². The summed E-state index contributed by atoms with van der Waals surface area (Å²) in [6, 6.07) is 25.3. The number of barbiturate groups is 1. The molecule has 0 unspecified atom stereocenters. The number of carbonyl (C=O) groups excluding carboxylic acids is 4. The molecule has 0 atom stereocenters. The van der Waals surface area contributed by atoms with Crippen LogP contribution in [0.1, 0.15) is 18.1 Å². The van der Waals surface area contributed by atoms with Gasteiger partial charge in [-0.15, -0.1) is 0 Å². The van der Waals surface area contributed by atoms with Crippen LogP contribution in [0.3, 0.4) is 0 Å². The number of para-hydroxylation sites is 2. The van der Waals surface area contributed by atoms with Crippen LogP contribution in [0.25, 0.3) is 6.08 Å². The van der Waals surface area contributed by atoms with Crippen molar-refractivity contribution < 1.29 is 38.1 Å². The Labute approximate surface area is 279 Å². The maximum atomic E-state index is 13.5. The van der Waals surface area contributed by atoms with Crippen molar-refractivity contribution in [2.24, 2.45) is 0 Å². The molecule has 1 fully saturated rings. The van der Waals surface area contributed by atoms with E-state index in [1.807, 2.05) is 30.3 Å². The van der Waals surface area contributed by atoms with Gasteiger partial charge in [-0.2, -0.15) is 0 Å². The molecule has 1 heterocycles. The number of amides is 5. The van der Waals surface area contributed by atoms with Gasteiger partial charge in [-0.3, -0.25) is 19.7 Å². The molecule has 4 aromatic rings. The minimum atomic E-state index is -0.874. The summed E-state index contributed by atoms with van der Waals surface area (Å²) in [5.41, 5.74) is 1.87. The zero-order valence-corrected chi connectivity index (χ0v) is 27.0. The first-order valence-electron chi connectivity index (χ1n) is 14.5. The minimum Gasteiger partial charge on any atom is -0.495 e. The number of benzene rings is 4. The van der Waals surface area contributed by atoms with E-state index in [0.29, 0.717) is 33.8 Å². The standard InChI is InChI=1S/C35H30BrN3O8/c1-3-45-30-19-23(18-27(36)32(30)47-21-31(40)37-28-11-7-8-12-29(28)44-2)17-26-33(41)38-35(43)39(34(26)42)24-13-15-25(16-14-24)46-20-22-9-5-4-6-10-22/h4-19H,3,20-21H2,1-2H3,(H,37,40)(H,38,41,43)/b26-17-. The van der Waals surface area contributed by atoms with Gasteiger partial charge in [-0.25, -0.2) is 9.69 Å². The predicted octanol–water partition coefficient (Wildman–Crippen LogP) is 6.12. The molecule has 47 heavy (non-hydrogen) atoms. The van der Waals surface area contributed by atoms with Crippen molar-refractivity contribution in [1.82, 2.24) is 5.32 Å². The van der Waals surface area contributed by atoms with Gasteiger partial charge in [0.05, 0.1) is 29.6 Å². The average Bonchev–Trinajstić information content (AvgIpc) is 3.06. The van der Waals surface area contributed by atoms with E-state index in [0.717, 1.165) is 10.5 Å². The molecule has 5 rings (SSSR count). The zero-order chi connectivity index (χ0) is 33.3. The normalized spacial score (nSPS) is 13.6. The van der Waals surface area contributed by atoms with Crippen LogP contribution in [0.15, 0.2) is 101 Å². The Morgan fingerprint density at radius 1 is 0.894 bits per heavy atom. The summed E-state index contributed by atoms with van der Waals surface area (Å²) in [5, 5.41) is 4.96. The van der Waals surface area contributed by atoms with E-state index in [1.165, 1.54) is 13.2 Å². The monoisotopic (exact) mass is 699 g/mol. The number of nitrogens with zero attached hydrogens (tertiary/aromatic N) is 1. The molecule has 11 nitrogen and oxygen atoms in total. The molecule has 1 aliphatic rings. The second-order valence-electron chi connectivity index (χ2n) is 10.0. The molecule has 1 aliphatic heterocycles. The summed E-state index contributed by atoms with van der Waals surface area (Å²) < 4.78 is 23.0. The Balaban J connectivity index is 1.32. The SMILES string of the molecule is CCOc1cc(/C=C2/C(=O)NC(=O)N(c3ccc(OCc4ccccc4)cc3)C2=O)cc(Br)c1OCC(=O)Nc1ccccc1OC. The number of imide groups is 2. The Bertz CT molecular complexity index is 1830. The predicted molar refractivity (Wildman–Crippen MR) is 179 cm³/mol. The van der Waals surface area contributed by atoms with Gasteiger partial charge in [0, 0.05) is 0 Å². The van der Waals surface area contributed by atoms with Gasteiger partial charge in [-0.1, -0.05) is 42.5 Å². The average molecular weight is 701 g/mol. The van der Waals surface area contributed by atoms with Crippen molar-refractivity contribution in [3.05, 3.63) is 112 Å². The summed E-state index contributed by atoms with van der Waals surface area (Å²) in [6.45, 7) is 2.05. The van der Waals surface area contributed by atoms with E-state index in [9.17, 15) is 19.2 Å². The van der Waals surface area contributed by atoms with Crippen LogP contribution in [0.4, 0.5) is 16.2 Å². The molecule has 0 spiro atoms. The molecule has 0 aliphatic carbocycles. The van der Waals surface area contributed by atoms with Gasteiger partial charge in [0.25, 0.3) is 17.7 Å². The molecular formula is C35H30BrN3O8. The van der Waals surface area contributed by atoms with Crippen molar-refractivity contribution in [3.63, 3.8) is 0 Å². The second kappa shape index (κ2) is 15.1. The third-order valence-electron chi connectivity index (χ3n) is 6.82. The van der Waals surface area contributed by atoms with Gasteiger partial charge < -0.3 is 24.3 Å². The lowest BCUT2D eigenvalue weighted by atomic mass is 10.1. The van der Waals surface area contributed by atoms with Gasteiger partial charge >= 0.3 is 6.03 Å². The number of ether oxygens (including phenoxy) is 4. The maximum absolute atomic E-state index is 13.5. The van der Waals surface area contributed by atoms with Crippen LogP contribution in [-0.4, -0.2) is 44.1 Å². The Kier molecular flexibility index (Phi) is 10.5. The number of hydrogen-bond acceptors (Lipinski definition) is 8. The van der Waals surface area contributed by atoms with Crippen molar-refractivity contribution in [1.29, 1.82) is 0 Å². The topological polar surface area (TPSA) is 132 Å². The fourth-order valence-electron chi connectivity index (χ4n) is 4.64. The zero-order valence-electron chi connectivity index (χ0n) is 25.5. The number of methoxy groups -OCH3 is 1. The Hall–Kier alpha value is -5.62. The number of urea groups is 1. The summed E-state index contributed by atoms with van der Waals surface area (Å²) in [5.74, 6) is -0.528. The van der Waals surface area contributed by atoms with E-state index < -0.39 is 23.8 Å². The number of carbonyl (C=O) groups is 4. The van der Waals surface area contributed by atoms with Crippen LogP contribution >= 0.6 is 15.9 Å². The minimum absolute atomic E-state index is 0.245. The van der Waals surface area contributed by atoms with E-state index in [2.05, 4.69) is 26.6 Å². The Morgan fingerprint density at radius 2 is 1.62 bits per heavy atom. The molecule has 5 amide bonds. The number of halogens is 1. The van der Waals surface area contributed by atoms with Gasteiger partial charge in [0.2, 0.25) is 0 Å². The maximum Gasteiger partial charge on any atom is 0.335 e. The van der Waals surface area contributed by atoms with E-state index >= 15 is 0 Å². The molecular weight excluding hydrogens is 670 g/mol. The quantitative estimate of drug-likeness (QED) is 0.134. The smallest absolute Gasteiger partial charge is 0.335 e. The van der Waals surface area contributed by atoms with Crippen LogP contribution in [0.2, 0.25) is 0 Å². The first-order chi connectivity index (χ1) is 22.8. The molecule has 0 radical (unpaired) electrons. The van der Waals surface area contributed by atoms with Crippen molar-refractivity contribution >= 4 is 57.1 Å². The summed E-state index contributed by atoms with van der Waals surface area (Å²) in [7, 11) is 1.50. The van der Waals surface area contributed by atoms with E-state index in [4.69, 9.17) is 18.9 Å². The van der Waals surface area contributed by atoms with E-state index in [-0.39, 0.29) is 36.0 Å². The lowest BCUT2D eigenvalue weighted by Crippen LogP contribution is -2.54. The number of anilines is 2. The first kappa shape index (κ1) is 32.8. The molecule has 240 valence electrons. The summed E-state index contributed by atoms with van der Waals surface area (Å²) in [4.78, 5) is 52.6.